The standard InChI is InChI=1S/C22H28F4N4O4/c23-18-9-17(34-22(24,25)26)4-1-14(18)11-28-20(32)30(15-2-3-15)16-10-21(5-7-33-8-6-21)13-29(12-16)19(27)31/h1,4,9,15-16H,2-3,5-8,10-13H2,(H2,27,31)(H,28,32). The third-order valence-corrected chi connectivity index (χ3v) is 6.75. The Morgan fingerprint density at radius 2 is 1.94 bits per heavy atom. The van der Waals surface area contributed by atoms with Gasteiger partial charge in [0.05, 0.1) is 6.04 Å². The number of carbonyl (C=O) groups excluding carboxylic acids is 2. The molecule has 1 aromatic carbocycles. The summed E-state index contributed by atoms with van der Waals surface area (Å²) in [4.78, 5) is 28.5. The average molecular weight is 488 g/mol. The second-order valence-corrected chi connectivity index (χ2v) is 9.29. The molecule has 188 valence electrons. The van der Waals surface area contributed by atoms with Gasteiger partial charge < -0.3 is 30.3 Å². The number of urea groups is 2. The number of halogens is 4. The number of primary amides is 1. The molecule has 1 atom stereocenters. The molecule has 12 heteroatoms. The number of carbonyl (C=O) groups is 2. The summed E-state index contributed by atoms with van der Waals surface area (Å²) in [5.74, 6) is -1.59. The fraction of sp³-hybridized carbons (Fsp3) is 0.636. The molecule has 34 heavy (non-hydrogen) atoms. The smallest absolute Gasteiger partial charge is 0.406 e. The van der Waals surface area contributed by atoms with E-state index in [1.54, 1.807) is 9.80 Å². The molecule has 3 aliphatic rings. The van der Waals surface area contributed by atoms with Crippen molar-refractivity contribution >= 4 is 12.1 Å². The van der Waals surface area contributed by atoms with Crippen molar-refractivity contribution in [3.8, 4) is 5.75 Å². The molecule has 1 spiro atoms. The van der Waals surface area contributed by atoms with Crippen LogP contribution in [0.3, 0.4) is 0 Å². The van der Waals surface area contributed by atoms with Gasteiger partial charge in [0, 0.05) is 50.5 Å². The zero-order chi connectivity index (χ0) is 24.5. The molecule has 1 unspecified atom stereocenters. The average Bonchev–Trinajstić information content (AvgIpc) is 3.57. The lowest BCUT2D eigenvalue weighted by Crippen LogP contribution is -2.61. The topological polar surface area (TPSA) is 97.1 Å². The molecule has 1 aliphatic carbocycles. The van der Waals surface area contributed by atoms with Crippen LogP contribution >= 0.6 is 0 Å². The van der Waals surface area contributed by atoms with Crippen molar-refractivity contribution in [1.82, 2.24) is 15.1 Å². The maximum atomic E-state index is 14.3. The van der Waals surface area contributed by atoms with Crippen molar-refractivity contribution < 1.29 is 36.6 Å². The van der Waals surface area contributed by atoms with Crippen LogP contribution in [-0.4, -0.2) is 66.6 Å². The van der Waals surface area contributed by atoms with Gasteiger partial charge in [0.2, 0.25) is 0 Å². The molecule has 0 radical (unpaired) electrons. The number of nitrogens with zero attached hydrogens (tertiary/aromatic N) is 2. The lowest BCUT2D eigenvalue weighted by atomic mass is 9.72. The van der Waals surface area contributed by atoms with Crippen molar-refractivity contribution in [3.63, 3.8) is 0 Å². The van der Waals surface area contributed by atoms with Crippen LogP contribution in [0, 0.1) is 11.2 Å². The van der Waals surface area contributed by atoms with Crippen LogP contribution in [0.15, 0.2) is 18.2 Å². The van der Waals surface area contributed by atoms with E-state index in [2.05, 4.69) is 10.1 Å². The van der Waals surface area contributed by atoms with Gasteiger partial charge in [0.1, 0.15) is 11.6 Å². The molecule has 0 bridgehead atoms. The lowest BCUT2D eigenvalue weighted by molar-refractivity contribution is -0.274. The minimum atomic E-state index is -4.92. The third kappa shape index (κ3) is 5.83. The Balaban J connectivity index is 1.45. The van der Waals surface area contributed by atoms with Crippen LogP contribution < -0.4 is 15.8 Å². The first-order chi connectivity index (χ1) is 16.1. The highest BCUT2D eigenvalue weighted by atomic mass is 19.4. The summed E-state index contributed by atoms with van der Waals surface area (Å²) in [5.41, 5.74) is 5.46. The molecule has 1 saturated carbocycles. The number of rotatable bonds is 5. The second-order valence-electron chi connectivity index (χ2n) is 9.29. The second kappa shape index (κ2) is 9.47. The fourth-order valence-electron chi connectivity index (χ4n) is 4.99. The zero-order valence-electron chi connectivity index (χ0n) is 18.6. The molecule has 2 saturated heterocycles. The van der Waals surface area contributed by atoms with E-state index in [0.29, 0.717) is 38.8 Å². The van der Waals surface area contributed by atoms with E-state index in [1.807, 2.05) is 0 Å². The number of hydrogen-bond acceptors (Lipinski definition) is 4. The largest absolute Gasteiger partial charge is 0.573 e. The first kappa shape index (κ1) is 24.4. The Hall–Kier alpha value is -2.76. The molecule has 2 heterocycles. The maximum Gasteiger partial charge on any atom is 0.573 e. The Morgan fingerprint density at radius 3 is 2.53 bits per heavy atom. The minimum absolute atomic E-state index is 0.0159. The number of nitrogens with one attached hydrogen (secondary N) is 1. The van der Waals surface area contributed by atoms with E-state index in [-0.39, 0.29) is 29.6 Å². The van der Waals surface area contributed by atoms with Gasteiger partial charge in [0.15, 0.2) is 0 Å². The Morgan fingerprint density at radius 1 is 1.24 bits per heavy atom. The van der Waals surface area contributed by atoms with Crippen molar-refractivity contribution in [1.29, 1.82) is 0 Å². The molecular formula is C22H28F4N4O4. The highest BCUT2D eigenvalue weighted by Gasteiger charge is 2.47. The minimum Gasteiger partial charge on any atom is -0.406 e. The van der Waals surface area contributed by atoms with Crippen molar-refractivity contribution in [3.05, 3.63) is 29.6 Å². The molecule has 4 rings (SSSR count). The zero-order valence-corrected chi connectivity index (χ0v) is 18.6. The highest BCUT2D eigenvalue weighted by molar-refractivity contribution is 5.76. The Bertz CT molecular complexity index is 919. The fourth-order valence-corrected chi connectivity index (χ4v) is 4.99. The lowest BCUT2D eigenvalue weighted by Gasteiger charge is -2.50. The van der Waals surface area contributed by atoms with E-state index in [0.717, 1.165) is 37.8 Å². The molecule has 0 aromatic heterocycles. The first-order valence-electron chi connectivity index (χ1n) is 11.3. The third-order valence-electron chi connectivity index (χ3n) is 6.75. The first-order valence-corrected chi connectivity index (χ1v) is 11.3. The van der Waals surface area contributed by atoms with Gasteiger partial charge in [-0.15, -0.1) is 13.2 Å². The number of piperidine rings is 1. The monoisotopic (exact) mass is 488 g/mol. The van der Waals surface area contributed by atoms with E-state index < -0.39 is 30.0 Å². The van der Waals surface area contributed by atoms with Gasteiger partial charge in [-0.1, -0.05) is 6.07 Å². The van der Waals surface area contributed by atoms with Gasteiger partial charge in [-0.05, 0) is 43.6 Å². The molecule has 1 aromatic rings. The number of hydrogen-bond donors (Lipinski definition) is 2. The predicted molar refractivity (Wildman–Crippen MR) is 112 cm³/mol. The van der Waals surface area contributed by atoms with Crippen LogP contribution in [0.2, 0.25) is 0 Å². The number of benzene rings is 1. The Labute approximate surface area is 194 Å². The number of ether oxygens (including phenoxy) is 2. The highest BCUT2D eigenvalue weighted by Crippen LogP contribution is 2.42. The van der Waals surface area contributed by atoms with Crippen LogP contribution in [0.1, 0.15) is 37.7 Å². The normalized spacial score (nSPS) is 22.4. The molecule has 4 amide bonds. The predicted octanol–water partition coefficient (Wildman–Crippen LogP) is 3.35. The van der Waals surface area contributed by atoms with Crippen LogP contribution in [0.5, 0.6) is 5.75 Å². The summed E-state index contributed by atoms with van der Waals surface area (Å²) >= 11 is 0. The molecule has 3 fully saturated rings. The van der Waals surface area contributed by atoms with Gasteiger partial charge in [-0.2, -0.15) is 0 Å². The van der Waals surface area contributed by atoms with Crippen molar-refractivity contribution in [2.45, 2.75) is 57.1 Å². The van der Waals surface area contributed by atoms with Crippen molar-refractivity contribution in [2.75, 3.05) is 26.3 Å². The van der Waals surface area contributed by atoms with Gasteiger partial charge in [-0.25, -0.2) is 14.0 Å². The van der Waals surface area contributed by atoms with E-state index in [9.17, 15) is 27.2 Å². The SMILES string of the molecule is NC(=O)N1CC(N(C(=O)NCc2ccc(OC(F)(F)F)cc2F)C2CC2)CC2(CCOCC2)C1. The number of nitrogens with two attached hydrogens (primary N) is 1. The van der Waals surface area contributed by atoms with E-state index in [1.165, 1.54) is 0 Å². The molecule has 2 aliphatic heterocycles. The summed E-state index contributed by atoms with van der Waals surface area (Å²) in [7, 11) is 0. The summed E-state index contributed by atoms with van der Waals surface area (Å²) < 4.78 is 60.5. The number of amides is 4. The number of alkyl halides is 3. The van der Waals surface area contributed by atoms with Crippen LogP contribution in [-0.2, 0) is 11.3 Å². The van der Waals surface area contributed by atoms with Gasteiger partial charge in [-0.3, -0.25) is 0 Å². The van der Waals surface area contributed by atoms with E-state index >= 15 is 0 Å². The van der Waals surface area contributed by atoms with Gasteiger partial charge >= 0.3 is 18.4 Å². The molecular weight excluding hydrogens is 460 g/mol. The maximum absolute atomic E-state index is 14.3. The van der Waals surface area contributed by atoms with Gasteiger partial charge in [0.25, 0.3) is 0 Å². The molecule has 8 nitrogen and oxygen atoms in total. The summed E-state index contributed by atoms with van der Waals surface area (Å²) in [5, 5.41) is 2.69. The summed E-state index contributed by atoms with van der Waals surface area (Å²) in [6.45, 7) is 1.82. The number of likely N-dealkylation sites (tertiary alicyclic amines) is 1. The summed E-state index contributed by atoms with van der Waals surface area (Å²) in [6, 6.07) is 1.60. The Kier molecular flexibility index (Phi) is 6.79. The van der Waals surface area contributed by atoms with E-state index in [4.69, 9.17) is 10.5 Å². The van der Waals surface area contributed by atoms with Crippen LogP contribution in [0.4, 0.5) is 27.2 Å². The molecule has 3 N–H and O–H groups in total. The van der Waals surface area contributed by atoms with Crippen LogP contribution in [0.25, 0.3) is 0 Å². The van der Waals surface area contributed by atoms with Crippen molar-refractivity contribution in [2.24, 2.45) is 11.1 Å². The quantitative estimate of drug-likeness (QED) is 0.622. The summed E-state index contributed by atoms with van der Waals surface area (Å²) in [6.07, 6.45) is -1.02.